The fourth-order valence-corrected chi connectivity index (χ4v) is 3.08. The monoisotopic (exact) mass is 331 g/mol. The molecule has 1 aromatic carbocycles. The van der Waals surface area contributed by atoms with E-state index in [-0.39, 0.29) is 0 Å². The molecule has 128 valence electrons. The van der Waals surface area contributed by atoms with Crippen LogP contribution in [0, 0.1) is 20.8 Å². The molecule has 3 heteroatoms. The van der Waals surface area contributed by atoms with Gasteiger partial charge in [-0.05, 0) is 50.5 Å². The fraction of sp³-hybridized carbons (Fsp3) is 0.318. The van der Waals surface area contributed by atoms with E-state index >= 15 is 0 Å². The van der Waals surface area contributed by atoms with Gasteiger partial charge in [0.05, 0.1) is 5.69 Å². The second-order valence-electron chi connectivity index (χ2n) is 6.60. The lowest BCUT2D eigenvalue weighted by Crippen LogP contribution is -2.07. The maximum atomic E-state index is 4.85. The molecule has 0 unspecified atom stereocenters. The van der Waals surface area contributed by atoms with Crippen LogP contribution in [0.15, 0.2) is 42.5 Å². The molecule has 0 amide bonds. The Balaban J connectivity index is 1.82. The van der Waals surface area contributed by atoms with E-state index in [1.165, 1.54) is 16.7 Å². The Kier molecular flexibility index (Phi) is 5.22. The van der Waals surface area contributed by atoms with Crippen molar-refractivity contribution < 1.29 is 0 Å². The summed E-state index contributed by atoms with van der Waals surface area (Å²) in [6.07, 6.45) is 2.54. The first-order valence-electron chi connectivity index (χ1n) is 8.88. The second-order valence-corrected chi connectivity index (χ2v) is 6.60. The van der Waals surface area contributed by atoms with Gasteiger partial charge in [-0.1, -0.05) is 42.8 Å². The Morgan fingerprint density at radius 3 is 2.04 bits per heavy atom. The topological polar surface area (TPSA) is 38.7 Å². The second kappa shape index (κ2) is 7.56. The van der Waals surface area contributed by atoms with Crippen LogP contribution in [-0.2, 0) is 19.3 Å². The Morgan fingerprint density at radius 1 is 0.720 bits per heavy atom. The van der Waals surface area contributed by atoms with E-state index < -0.39 is 0 Å². The zero-order chi connectivity index (χ0) is 17.8. The normalized spacial score (nSPS) is 10.9. The van der Waals surface area contributed by atoms with E-state index in [4.69, 9.17) is 4.98 Å². The molecule has 25 heavy (non-hydrogen) atoms. The molecule has 0 radical (unpaired) electrons. The van der Waals surface area contributed by atoms with Gasteiger partial charge in [0.25, 0.3) is 0 Å². The SMILES string of the molecule is CCc1nc(C)nc(Cc2cccc(Cc3ccc(C)cc3)n2)c1C. The number of benzene rings is 1. The van der Waals surface area contributed by atoms with Crippen LogP contribution in [0.4, 0.5) is 0 Å². The molecule has 2 aromatic heterocycles. The largest absolute Gasteiger partial charge is 0.257 e. The number of nitrogens with zero attached hydrogens (tertiary/aromatic N) is 3. The van der Waals surface area contributed by atoms with E-state index in [2.05, 4.69) is 73.2 Å². The van der Waals surface area contributed by atoms with Gasteiger partial charge in [-0.3, -0.25) is 4.98 Å². The van der Waals surface area contributed by atoms with Gasteiger partial charge in [-0.2, -0.15) is 0 Å². The zero-order valence-corrected chi connectivity index (χ0v) is 15.5. The molecule has 0 atom stereocenters. The summed E-state index contributed by atoms with van der Waals surface area (Å²) in [4.78, 5) is 14.0. The standard InChI is InChI=1S/C22H25N3/c1-5-21-16(3)22(24-17(4)23-21)14-20-8-6-7-19(25-20)13-18-11-9-15(2)10-12-18/h6-12H,5,13-14H2,1-4H3. The maximum Gasteiger partial charge on any atom is 0.125 e. The minimum absolute atomic E-state index is 0.754. The quantitative estimate of drug-likeness (QED) is 0.689. The van der Waals surface area contributed by atoms with Crippen molar-refractivity contribution in [1.29, 1.82) is 0 Å². The van der Waals surface area contributed by atoms with Crippen LogP contribution >= 0.6 is 0 Å². The Bertz CT molecular complexity index is 867. The molecule has 0 fully saturated rings. The van der Waals surface area contributed by atoms with Gasteiger partial charge in [0.15, 0.2) is 0 Å². The summed E-state index contributed by atoms with van der Waals surface area (Å²) in [5.41, 5.74) is 8.15. The summed E-state index contributed by atoms with van der Waals surface area (Å²) in [5, 5.41) is 0. The van der Waals surface area contributed by atoms with Crippen molar-refractivity contribution in [2.75, 3.05) is 0 Å². The van der Waals surface area contributed by atoms with Gasteiger partial charge in [0, 0.05) is 29.9 Å². The molecule has 0 aliphatic carbocycles. The van der Waals surface area contributed by atoms with Crippen LogP contribution in [-0.4, -0.2) is 15.0 Å². The number of hydrogen-bond acceptors (Lipinski definition) is 3. The molecule has 0 aliphatic rings. The van der Waals surface area contributed by atoms with E-state index in [9.17, 15) is 0 Å². The van der Waals surface area contributed by atoms with Gasteiger partial charge in [-0.15, -0.1) is 0 Å². The van der Waals surface area contributed by atoms with Gasteiger partial charge >= 0.3 is 0 Å². The summed E-state index contributed by atoms with van der Waals surface area (Å²) >= 11 is 0. The predicted molar refractivity (Wildman–Crippen MR) is 102 cm³/mol. The van der Waals surface area contributed by atoms with Gasteiger partial charge in [0.2, 0.25) is 0 Å². The zero-order valence-electron chi connectivity index (χ0n) is 15.5. The first-order valence-corrected chi connectivity index (χ1v) is 8.88. The summed E-state index contributed by atoms with van der Waals surface area (Å²) in [7, 11) is 0. The van der Waals surface area contributed by atoms with Crippen LogP contribution < -0.4 is 0 Å². The van der Waals surface area contributed by atoms with E-state index in [1.54, 1.807) is 0 Å². The molecule has 3 rings (SSSR count). The van der Waals surface area contributed by atoms with Crippen LogP contribution in [0.25, 0.3) is 0 Å². The van der Waals surface area contributed by atoms with Crippen LogP contribution in [0.1, 0.15) is 52.2 Å². The Hall–Kier alpha value is -2.55. The minimum atomic E-state index is 0.754. The third-order valence-electron chi connectivity index (χ3n) is 4.51. The van der Waals surface area contributed by atoms with Crippen molar-refractivity contribution in [3.8, 4) is 0 Å². The molecule has 2 heterocycles. The fourth-order valence-electron chi connectivity index (χ4n) is 3.08. The van der Waals surface area contributed by atoms with Gasteiger partial charge in [0.1, 0.15) is 5.82 Å². The van der Waals surface area contributed by atoms with Crippen molar-refractivity contribution in [3.05, 3.63) is 87.8 Å². The highest BCUT2D eigenvalue weighted by Crippen LogP contribution is 2.16. The Labute approximate surface area is 150 Å². The highest BCUT2D eigenvalue weighted by atomic mass is 14.9. The maximum absolute atomic E-state index is 4.85. The van der Waals surface area contributed by atoms with Crippen LogP contribution in [0.2, 0.25) is 0 Å². The average Bonchev–Trinajstić information content (AvgIpc) is 2.60. The van der Waals surface area contributed by atoms with Gasteiger partial charge in [-0.25, -0.2) is 9.97 Å². The van der Waals surface area contributed by atoms with Crippen LogP contribution in [0.5, 0.6) is 0 Å². The predicted octanol–water partition coefficient (Wildman–Crippen LogP) is 4.54. The third-order valence-corrected chi connectivity index (χ3v) is 4.51. The first kappa shape index (κ1) is 17.3. The Morgan fingerprint density at radius 2 is 1.36 bits per heavy atom. The van der Waals surface area contributed by atoms with Crippen molar-refractivity contribution in [3.63, 3.8) is 0 Å². The molecular weight excluding hydrogens is 306 g/mol. The van der Waals surface area contributed by atoms with E-state index in [1.807, 2.05) is 6.92 Å². The van der Waals surface area contributed by atoms with E-state index in [0.717, 1.165) is 47.9 Å². The lowest BCUT2D eigenvalue weighted by molar-refractivity contribution is 0.865. The summed E-state index contributed by atoms with van der Waals surface area (Å²) in [6, 6.07) is 14.9. The lowest BCUT2D eigenvalue weighted by Gasteiger charge is -2.11. The number of pyridine rings is 1. The number of rotatable bonds is 5. The molecule has 0 bridgehead atoms. The highest BCUT2D eigenvalue weighted by Gasteiger charge is 2.10. The van der Waals surface area contributed by atoms with Gasteiger partial charge < -0.3 is 0 Å². The van der Waals surface area contributed by atoms with Crippen LogP contribution in [0.3, 0.4) is 0 Å². The van der Waals surface area contributed by atoms with Crippen molar-refractivity contribution >= 4 is 0 Å². The third kappa shape index (κ3) is 4.30. The number of aryl methyl sites for hydroxylation is 3. The van der Waals surface area contributed by atoms with Crippen molar-refractivity contribution in [2.24, 2.45) is 0 Å². The molecular formula is C22H25N3. The summed E-state index contributed by atoms with van der Waals surface area (Å²) < 4.78 is 0. The summed E-state index contributed by atoms with van der Waals surface area (Å²) in [6.45, 7) is 8.32. The van der Waals surface area contributed by atoms with Crippen molar-refractivity contribution in [2.45, 2.75) is 47.0 Å². The molecule has 0 aliphatic heterocycles. The smallest absolute Gasteiger partial charge is 0.125 e. The molecule has 0 saturated heterocycles. The number of aromatic nitrogens is 3. The molecule has 3 aromatic rings. The molecule has 0 spiro atoms. The first-order chi connectivity index (χ1) is 12.0. The molecule has 0 N–H and O–H groups in total. The summed E-state index contributed by atoms with van der Waals surface area (Å²) in [5.74, 6) is 0.841. The average molecular weight is 331 g/mol. The van der Waals surface area contributed by atoms with Crippen molar-refractivity contribution in [1.82, 2.24) is 15.0 Å². The minimum Gasteiger partial charge on any atom is -0.257 e. The highest BCUT2D eigenvalue weighted by molar-refractivity contribution is 5.30. The number of hydrogen-bond donors (Lipinski definition) is 0. The molecule has 0 saturated carbocycles. The van der Waals surface area contributed by atoms with E-state index in [0.29, 0.717) is 0 Å². The lowest BCUT2D eigenvalue weighted by atomic mass is 10.0. The molecule has 3 nitrogen and oxygen atoms in total.